The van der Waals surface area contributed by atoms with Gasteiger partial charge in [0.2, 0.25) is 0 Å². The van der Waals surface area contributed by atoms with Crippen LogP contribution in [0.15, 0.2) is 0 Å². The van der Waals surface area contributed by atoms with E-state index in [0.29, 0.717) is 0 Å². The maximum Gasteiger partial charge on any atom is 0.459 e. The number of rotatable bonds is 0. The molecule has 0 saturated carbocycles. The minimum Gasteiger partial charge on any atom is -0.279 e. The van der Waals surface area contributed by atoms with Gasteiger partial charge in [-0.3, -0.25) is 15.3 Å². The van der Waals surface area contributed by atoms with Crippen molar-refractivity contribution in [3.8, 4) is 0 Å². The summed E-state index contributed by atoms with van der Waals surface area (Å²) in [5, 5.41) is 12.0. The van der Waals surface area contributed by atoms with Crippen molar-refractivity contribution >= 4 is 5.78 Å². The molecule has 0 aliphatic heterocycles. The van der Waals surface area contributed by atoms with Crippen molar-refractivity contribution in [1.29, 1.82) is 0 Å². The molecule has 0 saturated heterocycles. The summed E-state index contributed by atoms with van der Waals surface area (Å²) in [4.78, 5) is 9.24. The lowest BCUT2D eigenvalue weighted by molar-refractivity contribution is -0.217. The Morgan fingerprint density at radius 3 is 1.00 bits per heavy atom. The summed E-state index contributed by atoms with van der Waals surface area (Å²) in [5.41, 5.74) is 0. The SMILES string of the molecule is O=C(C(F)(F)F)C(F)(F)F.OO. The molecule has 0 aromatic rings. The molecule has 0 spiro atoms. The van der Waals surface area contributed by atoms with Crippen molar-refractivity contribution in [2.75, 3.05) is 0 Å². The van der Waals surface area contributed by atoms with Crippen molar-refractivity contribution in [2.45, 2.75) is 12.4 Å². The first kappa shape index (κ1) is 13.7. The highest BCUT2D eigenvalue weighted by molar-refractivity contribution is 5.89. The van der Waals surface area contributed by atoms with Crippen molar-refractivity contribution in [3.05, 3.63) is 0 Å². The zero-order valence-corrected chi connectivity index (χ0v) is 5.07. The van der Waals surface area contributed by atoms with Gasteiger partial charge in [-0.15, -0.1) is 0 Å². The molecule has 0 amide bonds. The smallest absolute Gasteiger partial charge is 0.279 e. The van der Waals surface area contributed by atoms with Crippen LogP contribution in [0.1, 0.15) is 0 Å². The molecule has 0 aliphatic rings. The lowest BCUT2D eigenvalue weighted by atomic mass is 10.4. The number of Topliss-reactive ketones (excluding diaryl/α,β-unsaturated/α-hetero) is 1. The Hall–Kier alpha value is -0.830. The molecular formula is C3H2F6O3. The van der Waals surface area contributed by atoms with E-state index in [-0.39, 0.29) is 0 Å². The van der Waals surface area contributed by atoms with E-state index >= 15 is 0 Å². The summed E-state index contributed by atoms with van der Waals surface area (Å²) in [7, 11) is 0. The van der Waals surface area contributed by atoms with Crippen LogP contribution in [0.3, 0.4) is 0 Å². The van der Waals surface area contributed by atoms with Crippen molar-refractivity contribution < 1.29 is 41.7 Å². The number of halogens is 6. The number of ketones is 1. The van der Waals surface area contributed by atoms with Crippen LogP contribution >= 0.6 is 0 Å². The van der Waals surface area contributed by atoms with E-state index < -0.39 is 18.1 Å². The van der Waals surface area contributed by atoms with Crippen LogP contribution in [-0.4, -0.2) is 28.7 Å². The Morgan fingerprint density at radius 2 is 1.00 bits per heavy atom. The van der Waals surface area contributed by atoms with Gasteiger partial charge in [-0.2, -0.15) is 26.3 Å². The quantitative estimate of drug-likeness (QED) is 0.355. The van der Waals surface area contributed by atoms with Crippen LogP contribution in [0, 0.1) is 0 Å². The average Bonchev–Trinajstić information content (AvgIpc) is 1.87. The third-order valence-corrected chi connectivity index (χ3v) is 0.515. The van der Waals surface area contributed by atoms with E-state index in [4.69, 9.17) is 10.5 Å². The Bertz CT molecular complexity index is 129. The first-order valence-electron chi connectivity index (χ1n) is 2.04. The molecule has 0 bridgehead atoms. The Morgan fingerprint density at radius 1 is 0.833 bits per heavy atom. The monoisotopic (exact) mass is 200 g/mol. The molecule has 0 unspecified atom stereocenters. The molecule has 0 aromatic heterocycles. The van der Waals surface area contributed by atoms with Crippen molar-refractivity contribution in [1.82, 2.24) is 0 Å². The van der Waals surface area contributed by atoms with Crippen LogP contribution in [0.4, 0.5) is 26.3 Å². The summed E-state index contributed by atoms with van der Waals surface area (Å²) in [6.45, 7) is 0. The van der Waals surface area contributed by atoms with Crippen LogP contribution in [0.25, 0.3) is 0 Å². The lowest BCUT2D eigenvalue weighted by Crippen LogP contribution is -2.36. The van der Waals surface area contributed by atoms with Gasteiger partial charge in [-0.1, -0.05) is 0 Å². The molecule has 0 fully saturated rings. The third-order valence-electron chi connectivity index (χ3n) is 0.515. The predicted molar refractivity (Wildman–Crippen MR) is 22.4 cm³/mol. The highest BCUT2D eigenvalue weighted by atomic mass is 19.4. The minimum absolute atomic E-state index is 3.68. The molecular weight excluding hydrogens is 198 g/mol. The summed E-state index contributed by atoms with van der Waals surface area (Å²) in [6, 6.07) is 0. The van der Waals surface area contributed by atoms with E-state index in [1.165, 1.54) is 0 Å². The molecule has 0 atom stereocenters. The maximum absolute atomic E-state index is 10.9. The van der Waals surface area contributed by atoms with Gasteiger partial charge in [0, 0.05) is 0 Å². The van der Waals surface area contributed by atoms with E-state index in [1.807, 2.05) is 0 Å². The van der Waals surface area contributed by atoms with Crippen molar-refractivity contribution in [3.63, 3.8) is 0 Å². The summed E-state index contributed by atoms with van der Waals surface area (Å²) >= 11 is 0. The third kappa shape index (κ3) is 4.91. The molecule has 3 nitrogen and oxygen atoms in total. The van der Waals surface area contributed by atoms with E-state index in [1.54, 1.807) is 0 Å². The second kappa shape index (κ2) is 4.26. The molecule has 12 heavy (non-hydrogen) atoms. The maximum atomic E-state index is 10.9. The number of carbonyl (C=O) groups is 1. The second-order valence-corrected chi connectivity index (χ2v) is 1.32. The molecule has 0 radical (unpaired) electrons. The fraction of sp³-hybridized carbons (Fsp3) is 0.667. The Labute approximate surface area is 61.1 Å². The molecule has 9 heteroatoms. The topological polar surface area (TPSA) is 57.5 Å². The van der Waals surface area contributed by atoms with Crippen LogP contribution in [0.2, 0.25) is 0 Å². The van der Waals surface area contributed by atoms with E-state index in [2.05, 4.69) is 0 Å². The predicted octanol–water partition coefficient (Wildman–Crippen LogP) is 1.70. The van der Waals surface area contributed by atoms with Crippen LogP contribution in [0.5, 0.6) is 0 Å². The average molecular weight is 200 g/mol. The minimum atomic E-state index is -5.82. The van der Waals surface area contributed by atoms with Gasteiger partial charge in [0.1, 0.15) is 0 Å². The molecule has 0 aliphatic carbocycles. The zero-order valence-electron chi connectivity index (χ0n) is 5.07. The van der Waals surface area contributed by atoms with Gasteiger partial charge in [-0.25, -0.2) is 0 Å². The number of hydrogen-bond acceptors (Lipinski definition) is 3. The molecule has 0 heterocycles. The highest BCUT2D eigenvalue weighted by Crippen LogP contribution is 2.28. The lowest BCUT2D eigenvalue weighted by Gasteiger charge is -2.06. The summed E-state index contributed by atoms with van der Waals surface area (Å²) in [6.07, 6.45) is -11.6. The van der Waals surface area contributed by atoms with Gasteiger partial charge >= 0.3 is 18.1 Å². The second-order valence-electron chi connectivity index (χ2n) is 1.32. The van der Waals surface area contributed by atoms with Gasteiger partial charge in [0.15, 0.2) is 0 Å². The van der Waals surface area contributed by atoms with Gasteiger partial charge < -0.3 is 0 Å². The molecule has 0 aromatic carbocycles. The normalized spacial score (nSPS) is 11.7. The van der Waals surface area contributed by atoms with E-state index in [9.17, 15) is 31.1 Å². The fourth-order valence-electron chi connectivity index (χ4n) is 0.161. The Balaban J connectivity index is 0. The molecule has 2 N–H and O–H groups in total. The molecule has 0 rings (SSSR count). The van der Waals surface area contributed by atoms with Gasteiger partial charge in [0.25, 0.3) is 0 Å². The summed E-state index contributed by atoms with van der Waals surface area (Å²) < 4.78 is 65.3. The number of hydrogen-bond donors (Lipinski definition) is 2. The van der Waals surface area contributed by atoms with Crippen LogP contribution in [-0.2, 0) is 4.79 Å². The zero-order chi connectivity index (χ0) is 10.6. The summed E-state index contributed by atoms with van der Waals surface area (Å²) in [5.74, 6) is -3.68. The van der Waals surface area contributed by atoms with Crippen molar-refractivity contribution in [2.24, 2.45) is 0 Å². The standard InChI is InChI=1S/C3F6O.H2O2/c4-2(5,6)1(10)3(7,8)9;1-2/h;1-2H. The number of alkyl halides is 6. The van der Waals surface area contributed by atoms with Gasteiger partial charge in [-0.05, 0) is 0 Å². The fourth-order valence-corrected chi connectivity index (χ4v) is 0.161. The largest absolute Gasteiger partial charge is 0.459 e. The first-order chi connectivity index (χ1) is 5.15. The first-order valence-corrected chi connectivity index (χ1v) is 2.04. The Kier molecular flexibility index (Phi) is 4.88. The number of carbonyl (C=O) groups excluding carboxylic acids is 1. The van der Waals surface area contributed by atoms with E-state index in [0.717, 1.165) is 0 Å². The highest BCUT2D eigenvalue weighted by Gasteiger charge is 2.55. The van der Waals surface area contributed by atoms with Crippen LogP contribution < -0.4 is 0 Å². The molecule has 74 valence electrons. The van der Waals surface area contributed by atoms with Gasteiger partial charge in [0.05, 0.1) is 0 Å².